The topological polar surface area (TPSA) is 54.9 Å². The lowest BCUT2D eigenvalue weighted by Gasteiger charge is -2.27. The van der Waals surface area contributed by atoms with Crippen molar-refractivity contribution >= 4 is 41.3 Å². The number of benzene rings is 1. The lowest BCUT2D eigenvalue weighted by molar-refractivity contribution is 0.353. The van der Waals surface area contributed by atoms with Crippen molar-refractivity contribution in [2.45, 2.75) is 32.1 Å². The largest absolute Gasteiger partial charge is 0.493 e. The van der Waals surface area contributed by atoms with E-state index in [1.54, 1.807) is 32.6 Å². The second kappa shape index (κ2) is 11.5. The second-order valence-corrected chi connectivity index (χ2v) is 8.16. The first-order valence-electron chi connectivity index (χ1n) is 9.11. The van der Waals surface area contributed by atoms with E-state index in [-0.39, 0.29) is 29.4 Å². The van der Waals surface area contributed by atoms with E-state index in [4.69, 9.17) is 9.47 Å². The molecule has 2 N–H and O–H groups in total. The lowest BCUT2D eigenvalue weighted by Crippen LogP contribution is -2.44. The Morgan fingerprint density at radius 1 is 1.14 bits per heavy atom. The number of ether oxygens (including phenoxy) is 2. The van der Waals surface area contributed by atoms with Crippen molar-refractivity contribution in [1.82, 2.24) is 10.6 Å². The van der Waals surface area contributed by atoms with Crippen LogP contribution in [0.4, 0.5) is 0 Å². The maximum Gasteiger partial charge on any atom is 0.191 e. The Kier molecular flexibility index (Phi) is 10.1. The molecule has 1 heterocycles. The van der Waals surface area contributed by atoms with Crippen molar-refractivity contribution in [2.24, 2.45) is 4.99 Å². The van der Waals surface area contributed by atoms with E-state index in [1.165, 1.54) is 10.4 Å². The third kappa shape index (κ3) is 6.55. The van der Waals surface area contributed by atoms with Crippen LogP contribution in [-0.2, 0) is 5.41 Å². The molecule has 0 bridgehead atoms. The number of nitrogens with one attached hydrogen (secondary N) is 2. The van der Waals surface area contributed by atoms with E-state index >= 15 is 0 Å². The predicted molar refractivity (Wildman–Crippen MR) is 130 cm³/mol. The molecule has 0 amide bonds. The number of guanidine groups is 1. The summed E-state index contributed by atoms with van der Waals surface area (Å²) in [6.07, 6.45) is 0. The van der Waals surface area contributed by atoms with Crippen LogP contribution in [0, 0.1) is 0 Å². The van der Waals surface area contributed by atoms with Crippen LogP contribution in [0.5, 0.6) is 11.5 Å². The molecule has 7 heteroatoms. The molecule has 1 atom stereocenters. The zero-order valence-corrected chi connectivity index (χ0v) is 20.7. The highest BCUT2D eigenvalue weighted by Crippen LogP contribution is 2.32. The van der Waals surface area contributed by atoms with E-state index in [9.17, 15) is 0 Å². The van der Waals surface area contributed by atoms with Gasteiger partial charge < -0.3 is 20.1 Å². The minimum atomic E-state index is -0.101. The average molecular weight is 517 g/mol. The number of hydrogen-bond donors (Lipinski definition) is 2. The van der Waals surface area contributed by atoms with Crippen LogP contribution < -0.4 is 20.1 Å². The minimum Gasteiger partial charge on any atom is -0.493 e. The van der Waals surface area contributed by atoms with Gasteiger partial charge in [0.25, 0.3) is 0 Å². The highest BCUT2D eigenvalue weighted by molar-refractivity contribution is 14.0. The van der Waals surface area contributed by atoms with Crippen molar-refractivity contribution in [3.8, 4) is 11.5 Å². The molecular weight excluding hydrogens is 485 g/mol. The summed E-state index contributed by atoms with van der Waals surface area (Å²) in [6, 6.07) is 10.3. The SMILES string of the molecule is CN=C(NCC(C)c1cccs1)NCC(C)(C)c1ccc(OC)c(OC)c1.I. The van der Waals surface area contributed by atoms with E-state index in [0.29, 0.717) is 5.92 Å². The molecule has 28 heavy (non-hydrogen) atoms. The quantitative estimate of drug-likeness (QED) is 0.305. The molecule has 0 aliphatic rings. The van der Waals surface area contributed by atoms with Gasteiger partial charge in [-0.15, -0.1) is 35.3 Å². The molecule has 1 aromatic heterocycles. The Morgan fingerprint density at radius 3 is 2.43 bits per heavy atom. The van der Waals surface area contributed by atoms with Crippen LogP contribution in [0.15, 0.2) is 40.7 Å². The molecule has 0 radical (unpaired) electrons. The smallest absolute Gasteiger partial charge is 0.191 e. The average Bonchev–Trinajstić information content (AvgIpc) is 3.22. The highest BCUT2D eigenvalue weighted by Gasteiger charge is 2.23. The Hall–Kier alpha value is -1.48. The molecule has 2 rings (SSSR count). The van der Waals surface area contributed by atoms with Gasteiger partial charge in [0.1, 0.15) is 0 Å². The molecule has 5 nitrogen and oxygen atoms in total. The van der Waals surface area contributed by atoms with Crippen molar-refractivity contribution in [1.29, 1.82) is 0 Å². The fourth-order valence-electron chi connectivity index (χ4n) is 2.81. The van der Waals surface area contributed by atoms with E-state index < -0.39 is 0 Å². The number of nitrogens with zero attached hydrogens (tertiary/aromatic N) is 1. The molecular formula is C21H32IN3O2S. The standard InChI is InChI=1S/C21H31N3O2S.HI/c1-15(19-8-7-11-27-19)13-23-20(22-4)24-14-21(2,3)16-9-10-17(25-5)18(12-16)26-6;/h7-12,15H,13-14H2,1-6H3,(H2,22,23,24);1H. The van der Waals surface area contributed by atoms with Crippen LogP contribution in [0.1, 0.15) is 37.1 Å². The zero-order valence-electron chi connectivity index (χ0n) is 17.5. The lowest BCUT2D eigenvalue weighted by atomic mass is 9.84. The third-order valence-electron chi connectivity index (χ3n) is 4.69. The summed E-state index contributed by atoms with van der Waals surface area (Å²) in [5.41, 5.74) is 1.08. The minimum absolute atomic E-state index is 0. The Labute approximate surface area is 190 Å². The number of rotatable bonds is 8. The monoisotopic (exact) mass is 517 g/mol. The molecule has 2 aromatic rings. The molecule has 1 aromatic carbocycles. The number of thiophene rings is 1. The summed E-state index contributed by atoms with van der Waals surface area (Å²) in [7, 11) is 5.11. The summed E-state index contributed by atoms with van der Waals surface area (Å²) >= 11 is 1.79. The first kappa shape index (κ1) is 24.6. The Balaban J connectivity index is 0.00000392. The zero-order chi connectivity index (χ0) is 19.9. The highest BCUT2D eigenvalue weighted by atomic mass is 127. The van der Waals surface area contributed by atoms with Crippen molar-refractivity contribution in [3.63, 3.8) is 0 Å². The van der Waals surface area contributed by atoms with Gasteiger partial charge in [-0.1, -0.05) is 32.9 Å². The third-order valence-corrected chi connectivity index (χ3v) is 5.79. The molecule has 0 fully saturated rings. The van der Waals surface area contributed by atoms with Crippen molar-refractivity contribution in [3.05, 3.63) is 46.2 Å². The van der Waals surface area contributed by atoms with Gasteiger partial charge in [0.2, 0.25) is 0 Å². The summed E-state index contributed by atoms with van der Waals surface area (Å²) < 4.78 is 10.8. The Morgan fingerprint density at radius 2 is 1.86 bits per heavy atom. The first-order valence-corrected chi connectivity index (χ1v) is 9.99. The molecule has 0 aliphatic heterocycles. The maximum atomic E-state index is 5.44. The Bertz CT molecular complexity index is 748. The van der Waals surface area contributed by atoms with Gasteiger partial charge >= 0.3 is 0 Å². The van der Waals surface area contributed by atoms with Crippen LogP contribution in [0.25, 0.3) is 0 Å². The molecule has 1 unspecified atom stereocenters. The number of methoxy groups -OCH3 is 2. The summed E-state index contributed by atoms with van der Waals surface area (Å²) in [5, 5.41) is 8.98. The summed E-state index contributed by atoms with van der Waals surface area (Å²) in [4.78, 5) is 5.73. The van der Waals surface area contributed by atoms with Crippen LogP contribution in [-0.4, -0.2) is 40.3 Å². The van der Waals surface area contributed by atoms with Gasteiger partial charge in [-0.2, -0.15) is 0 Å². The summed E-state index contributed by atoms with van der Waals surface area (Å²) in [5.74, 6) is 2.75. The number of hydrogen-bond acceptors (Lipinski definition) is 4. The van der Waals surface area contributed by atoms with Gasteiger partial charge in [0.05, 0.1) is 14.2 Å². The molecule has 0 aliphatic carbocycles. The predicted octanol–water partition coefficient (Wildman–Crippen LogP) is 4.63. The van der Waals surface area contributed by atoms with Gasteiger partial charge in [-0.05, 0) is 29.1 Å². The van der Waals surface area contributed by atoms with Crippen LogP contribution in [0.3, 0.4) is 0 Å². The van der Waals surface area contributed by atoms with E-state index in [0.717, 1.165) is 30.5 Å². The van der Waals surface area contributed by atoms with Gasteiger partial charge in [0, 0.05) is 36.3 Å². The fourth-order valence-corrected chi connectivity index (χ4v) is 3.59. The van der Waals surface area contributed by atoms with Crippen molar-refractivity contribution < 1.29 is 9.47 Å². The van der Waals surface area contributed by atoms with Gasteiger partial charge in [-0.3, -0.25) is 4.99 Å². The maximum absolute atomic E-state index is 5.44. The van der Waals surface area contributed by atoms with Gasteiger partial charge in [-0.25, -0.2) is 0 Å². The first-order chi connectivity index (χ1) is 12.9. The van der Waals surface area contributed by atoms with Crippen LogP contribution >= 0.6 is 35.3 Å². The van der Waals surface area contributed by atoms with Crippen molar-refractivity contribution in [2.75, 3.05) is 34.4 Å². The fraction of sp³-hybridized carbons (Fsp3) is 0.476. The molecule has 0 saturated heterocycles. The van der Waals surface area contributed by atoms with E-state index in [2.05, 4.69) is 60.0 Å². The second-order valence-electron chi connectivity index (χ2n) is 7.18. The van der Waals surface area contributed by atoms with Gasteiger partial charge in [0.15, 0.2) is 17.5 Å². The number of aliphatic imine (C=N–C) groups is 1. The molecule has 0 saturated carbocycles. The summed E-state index contributed by atoms with van der Waals surface area (Å²) in [6.45, 7) is 8.21. The molecule has 0 spiro atoms. The molecule has 156 valence electrons. The normalized spacial score (nSPS) is 12.7. The van der Waals surface area contributed by atoms with E-state index in [1.807, 2.05) is 12.1 Å². The van der Waals surface area contributed by atoms with Crippen LogP contribution in [0.2, 0.25) is 0 Å². The number of halogens is 1.